The summed E-state index contributed by atoms with van der Waals surface area (Å²) in [6.07, 6.45) is 0.915. The molecule has 0 radical (unpaired) electrons. The molecule has 0 fully saturated rings. The number of nitrogens with zero attached hydrogens (tertiary/aromatic N) is 1. The molecule has 24 heavy (non-hydrogen) atoms. The van der Waals surface area contributed by atoms with Gasteiger partial charge in [0.15, 0.2) is 15.8 Å². The lowest BCUT2D eigenvalue weighted by Crippen LogP contribution is -2.44. The molecule has 1 aromatic rings. The number of benzene rings is 1. The van der Waals surface area contributed by atoms with Gasteiger partial charge >= 0.3 is 0 Å². The van der Waals surface area contributed by atoms with Crippen molar-refractivity contribution < 1.29 is 13.2 Å². The zero-order chi connectivity index (χ0) is 17.8. The first kappa shape index (κ1) is 18.6. The van der Waals surface area contributed by atoms with E-state index >= 15 is 0 Å². The van der Waals surface area contributed by atoms with Crippen LogP contribution >= 0.6 is 0 Å². The Kier molecular flexibility index (Phi) is 5.74. The van der Waals surface area contributed by atoms with Crippen molar-refractivity contribution in [2.24, 2.45) is 4.99 Å². The number of hydrogen-bond acceptors (Lipinski definition) is 4. The first-order valence-corrected chi connectivity index (χ1v) is 9.79. The van der Waals surface area contributed by atoms with Gasteiger partial charge in [0, 0.05) is 20.0 Å². The molecule has 2 N–H and O–H groups in total. The van der Waals surface area contributed by atoms with E-state index in [9.17, 15) is 8.42 Å². The van der Waals surface area contributed by atoms with Gasteiger partial charge in [-0.3, -0.25) is 4.99 Å². The normalized spacial score (nSPS) is 18.0. The van der Waals surface area contributed by atoms with Crippen LogP contribution in [0.15, 0.2) is 29.3 Å². The van der Waals surface area contributed by atoms with Crippen LogP contribution in [0.4, 0.5) is 0 Å². The van der Waals surface area contributed by atoms with Crippen molar-refractivity contribution in [2.45, 2.75) is 38.0 Å². The van der Waals surface area contributed by atoms with Crippen molar-refractivity contribution in [3.63, 3.8) is 0 Å². The quantitative estimate of drug-likeness (QED) is 0.617. The smallest absolute Gasteiger partial charge is 0.191 e. The van der Waals surface area contributed by atoms with Gasteiger partial charge in [0.2, 0.25) is 0 Å². The molecular formula is C17H27N3O3S. The first-order chi connectivity index (χ1) is 11.2. The van der Waals surface area contributed by atoms with Crippen molar-refractivity contribution >= 4 is 15.8 Å². The van der Waals surface area contributed by atoms with Crippen LogP contribution in [0.3, 0.4) is 0 Å². The highest BCUT2D eigenvalue weighted by atomic mass is 32.2. The van der Waals surface area contributed by atoms with Gasteiger partial charge in [0.1, 0.15) is 11.9 Å². The van der Waals surface area contributed by atoms with Gasteiger partial charge in [0.05, 0.1) is 17.0 Å². The summed E-state index contributed by atoms with van der Waals surface area (Å²) in [7, 11) is -1.47. The van der Waals surface area contributed by atoms with Crippen LogP contribution in [-0.2, 0) is 16.3 Å². The van der Waals surface area contributed by atoms with Crippen molar-refractivity contribution in [2.75, 3.05) is 25.9 Å². The second-order valence-corrected chi connectivity index (χ2v) is 9.73. The lowest BCUT2D eigenvalue weighted by atomic mass is 10.1. The number of fused-ring (bicyclic) bond motifs is 1. The number of sulfone groups is 1. The van der Waals surface area contributed by atoms with E-state index in [-0.39, 0.29) is 11.9 Å². The maximum Gasteiger partial charge on any atom is 0.191 e. The first-order valence-electron chi connectivity index (χ1n) is 8.14. The van der Waals surface area contributed by atoms with E-state index in [0.29, 0.717) is 19.0 Å². The molecule has 0 bridgehead atoms. The molecule has 0 aromatic heterocycles. The Bertz CT molecular complexity index is 668. The van der Waals surface area contributed by atoms with E-state index in [4.69, 9.17) is 4.74 Å². The van der Waals surface area contributed by atoms with Gasteiger partial charge in [0.25, 0.3) is 0 Å². The molecule has 0 aliphatic carbocycles. The topological polar surface area (TPSA) is 79.8 Å². The van der Waals surface area contributed by atoms with Crippen molar-refractivity contribution in [1.82, 2.24) is 10.6 Å². The highest BCUT2D eigenvalue weighted by molar-refractivity contribution is 7.92. The highest BCUT2D eigenvalue weighted by Gasteiger charge is 2.28. The molecule has 6 nitrogen and oxygen atoms in total. The SMILES string of the molecule is CN=C(NCCS(=O)(=O)C(C)(C)C)NCC1Cc2ccccc2O1. The molecule has 1 aliphatic rings. The number of ether oxygens (including phenoxy) is 1. The lowest BCUT2D eigenvalue weighted by Gasteiger charge is -2.20. The van der Waals surface area contributed by atoms with Crippen molar-refractivity contribution in [1.29, 1.82) is 0 Å². The Morgan fingerprint density at radius 2 is 2.00 bits per heavy atom. The van der Waals surface area contributed by atoms with E-state index in [0.717, 1.165) is 12.2 Å². The minimum absolute atomic E-state index is 0.0549. The third-order valence-corrected chi connectivity index (χ3v) is 6.64. The van der Waals surface area contributed by atoms with Crippen LogP contribution in [0, 0.1) is 0 Å². The molecule has 1 unspecified atom stereocenters. The van der Waals surface area contributed by atoms with Gasteiger partial charge in [-0.05, 0) is 32.4 Å². The maximum atomic E-state index is 12.1. The average Bonchev–Trinajstić information content (AvgIpc) is 2.92. The van der Waals surface area contributed by atoms with Gasteiger partial charge in [-0.25, -0.2) is 8.42 Å². The Labute approximate surface area is 144 Å². The monoisotopic (exact) mass is 353 g/mol. The molecule has 1 heterocycles. The van der Waals surface area contributed by atoms with Crippen LogP contribution in [0.25, 0.3) is 0 Å². The molecule has 0 spiro atoms. The molecular weight excluding hydrogens is 326 g/mol. The van der Waals surface area contributed by atoms with Crippen LogP contribution in [0.5, 0.6) is 5.75 Å². The average molecular weight is 353 g/mol. The molecule has 1 aromatic carbocycles. The minimum atomic E-state index is -3.14. The largest absolute Gasteiger partial charge is 0.488 e. The molecule has 134 valence electrons. The number of aliphatic imine (C=N–C) groups is 1. The third kappa shape index (κ3) is 4.63. The van der Waals surface area contributed by atoms with Crippen molar-refractivity contribution in [3.8, 4) is 5.75 Å². The highest BCUT2D eigenvalue weighted by Crippen LogP contribution is 2.27. The number of rotatable bonds is 5. The third-order valence-electron chi connectivity index (χ3n) is 4.03. The van der Waals surface area contributed by atoms with Gasteiger partial charge in [-0.15, -0.1) is 0 Å². The summed E-state index contributed by atoms with van der Waals surface area (Å²) in [5.41, 5.74) is 1.21. The summed E-state index contributed by atoms with van der Waals surface area (Å²) >= 11 is 0. The molecule has 0 saturated carbocycles. The Morgan fingerprint density at radius 3 is 2.62 bits per heavy atom. The Balaban J connectivity index is 1.76. The predicted octanol–water partition coefficient (Wildman–Crippen LogP) is 1.37. The number of guanidine groups is 1. The van der Waals surface area contributed by atoms with E-state index in [1.165, 1.54) is 5.56 Å². The van der Waals surface area contributed by atoms with E-state index in [2.05, 4.69) is 21.7 Å². The molecule has 7 heteroatoms. The van der Waals surface area contributed by atoms with Crippen LogP contribution in [-0.4, -0.2) is 51.1 Å². The number of para-hydroxylation sites is 1. The fourth-order valence-corrected chi connectivity index (χ4v) is 3.39. The molecule has 0 amide bonds. The summed E-state index contributed by atoms with van der Waals surface area (Å²) in [6.45, 7) is 6.07. The van der Waals surface area contributed by atoms with E-state index in [1.54, 1.807) is 27.8 Å². The lowest BCUT2D eigenvalue weighted by molar-refractivity contribution is 0.235. The van der Waals surface area contributed by atoms with Crippen molar-refractivity contribution in [3.05, 3.63) is 29.8 Å². The summed E-state index contributed by atoms with van der Waals surface area (Å²) in [5, 5.41) is 6.24. The summed E-state index contributed by atoms with van der Waals surface area (Å²) < 4.78 is 29.3. The predicted molar refractivity (Wildman–Crippen MR) is 97.5 cm³/mol. The molecule has 0 saturated heterocycles. The van der Waals surface area contributed by atoms with E-state index in [1.807, 2.05) is 18.2 Å². The maximum absolute atomic E-state index is 12.1. The van der Waals surface area contributed by atoms with E-state index < -0.39 is 14.6 Å². The molecule has 1 aliphatic heterocycles. The number of nitrogens with one attached hydrogen (secondary N) is 2. The fourth-order valence-electron chi connectivity index (χ4n) is 2.41. The zero-order valence-electron chi connectivity index (χ0n) is 14.8. The second kappa shape index (κ2) is 7.42. The second-order valence-electron chi connectivity index (χ2n) is 6.86. The van der Waals surface area contributed by atoms with Crippen LogP contribution in [0.1, 0.15) is 26.3 Å². The van der Waals surface area contributed by atoms with Crippen LogP contribution in [0.2, 0.25) is 0 Å². The van der Waals surface area contributed by atoms with Gasteiger partial charge < -0.3 is 15.4 Å². The summed E-state index contributed by atoms with van der Waals surface area (Å²) in [6, 6.07) is 8.01. The molecule has 1 atom stereocenters. The number of hydrogen-bond donors (Lipinski definition) is 2. The minimum Gasteiger partial charge on any atom is -0.488 e. The zero-order valence-corrected chi connectivity index (χ0v) is 15.6. The fraction of sp³-hybridized carbons (Fsp3) is 0.588. The van der Waals surface area contributed by atoms with Crippen LogP contribution < -0.4 is 15.4 Å². The van der Waals surface area contributed by atoms with Gasteiger partial charge in [-0.1, -0.05) is 18.2 Å². The summed E-state index contributed by atoms with van der Waals surface area (Å²) in [5.74, 6) is 1.59. The standard InChI is InChI=1S/C17H27N3O3S/c1-17(2,3)24(21,22)10-9-19-16(18-4)20-12-14-11-13-7-5-6-8-15(13)23-14/h5-8,14H,9-12H2,1-4H3,(H2,18,19,20). The van der Waals surface area contributed by atoms with Gasteiger partial charge in [-0.2, -0.15) is 0 Å². The summed E-state index contributed by atoms with van der Waals surface area (Å²) in [4.78, 5) is 4.12. The molecule has 2 rings (SSSR count). The Morgan fingerprint density at radius 1 is 1.29 bits per heavy atom. The Hall–Kier alpha value is -1.76.